The number of aromatic amines is 1. The van der Waals surface area contributed by atoms with Crippen LogP contribution in [0.2, 0.25) is 5.02 Å². The van der Waals surface area contributed by atoms with Gasteiger partial charge >= 0.3 is 0 Å². The number of anilines is 1. The van der Waals surface area contributed by atoms with Crippen LogP contribution in [-0.2, 0) is 6.61 Å². The summed E-state index contributed by atoms with van der Waals surface area (Å²) in [5.74, 6) is 0.656. The van der Waals surface area contributed by atoms with Crippen molar-refractivity contribution in [3.05, 3.63) is 27.9 Å². The van der Waals surface area contributed by atoms with E-state index in [9.17, 15) is 5.11 Å². The summed E-state index contributed by atoms with van der Waals surface area (Å²) in [6.07, 6.45) is 4.09. The normalized spacial score (nSPS) is 19.4. The third-order valence-corrected chi connectivity index (χ3v) is 7.53. The second-order valence-corrected chi connectivity index (χ2v) is 9.70. The molecule has 1 aromatic carbocycles. The maximum atomic E-state index is 10.1. The molecule has 4 aromatic rings. The molecule has 0 amide bonds. The average Bonchev–Trinajstić information content (AvgIpc) is 3.35. The fourth-order valence-corrected chi connectivity index (χ4v) is 5.64. The van der Waals surface area contributed by atoms with Gasteiger partial charge in [-0.25, -0.2) is 15.0 Å². The number of thiazole rings is 1. The lowest BCUT2D eigenvalue weighted by Gasteiger charge is -2.35. The van der Waals surface area contributed by atoms with Gasteiger partial charge in [-0.15, -0.1) is 11.3 Å². The van der Waals surface area contributed by atoms with Crippen molar-refractivity contribution in [3.63, 3.8) is 0 Å². The van der Waals surface area contributed by atoms with Crippen molar-refractivity contribution in [2.45, 2.75) is 51.3 Å². The Kier molecular flexibility index (Phi) is 5.29. The number of aliphatic hydroxyl groups excluding tert-OH is 1. The standard InChI is InChI=1S/C21H24ClN7OS/c1-10-24-14-7-6-13(16(22)19(14)31-10)17-18-20(28-27-17)26-21(15(9-30)25-18)29(2)12-5-3-4-11(23)8-12/h6-7,11-12,30H,3-5,8-9,23H2,1-2H3,(H,26,27,28)/t11-,12-/m1/s1. The van der Waals surface area contributed by atoms with Gasteiger partial charge in [-0.05, 0) is 44.7 Å². The summed E-state index contributed by atoms with van der Waals surface area (Å²) < 4.78 is 0.924. The fourth-order valence-electron chi connectivity index (χ4n) is 4.42. The molecule has 162 valence electrons. The summed E-state index contributed by atoms with van der Waals surface area (Å²) in [6.45, 7) is 1.74. The quantitative estimate of drug-likeness (QED) is 0.426. The van der Waals surface area contributed by atoms with Crippen molar-refractivity contribution in [1.29, 1.82) is 0 Å². The minimum absolute atomic E-state index is 0.196. The summed E-state index contributed by atoms with van der Waals surface area (Å²) in [4.78, 5) is 16.1. The van der Waals surface area contributed by atoms with E-state index in [4.69, 9.17) is 27.3 Å². The number of nitrogens with two attached hydrogens (primary N) is 1. The van der Waals surface area contributed by atoms with E-state index in [-0.39, 0.29) is 18.7 Å². The van der Waals surface area contributed by atoms with Crippen LogP contribution in [0.15, 0.2) is 12.1 Å². The van der Waals surface area contributed by atoms with E-state index in [1.54, 1.807) is 11.3 Å². The molecule has 10 heteroatoms. The largest absolute Gasteiger partial charge is 0.390 e. The van der Waals surface area contributed by atoms with Crippen molar-refractivity contribution >= 4 is 50.1 Å². The Morgan fingerprint density at radius 3 is 2.90 bits per heavy atom. The fraction of sp³-hybridized carbons (Fsp3) is 0.429. The second-order valence-electron chi connectivity index (χ2n) is 8.12. The first kappa shape index (κ1) is 20.6. The van der Waals surface area contributed by atoms with Crippen LogP contribution in [0.25, 0.3) is 32.6 Å². The Balaban J connectivity index is 1.59. The topological polar surface area (TPSA) is 117 Å². The van der Waals surface area contributed by atoms with Gasteiger partial charge in [0.05, 0.1) is 26.9 Å². The lowest BCUT2D eigenvalue weighted by molar-refractivity contribution is 0.276. The predicted molar refractivity (Wildman–Crippen MR) is 125 cm³/mol. The van der Waals surface area contributed by atoms with Gasteiger partial charge in [0.25, 0.3) is 0 Å². The maximum Gasteiger partial charge on any atom is 0.177 e. The van der Waals surface area contributed by atoms with Crippen LogP contribution in [0.5, 0.6) is 0 Å². The molecule has 0 spiro atoms. The number of H-pyrrole nitrogens is 1. The van der Waals surface area contributed by atoms with Crippen LogP contribution in [-0.4, -0.2) is 49.4 Å². The Hall–Kier alpha value is -2.33. The van der Waals surface area contributed by atoms with Gasteiger partial charge in [-0.1, -0.05) is 11.6 Å². The molecule has 0 bridgehead atoms. The molecule has 1 fully saturated rings. The van der Waals surface area contributed by atoms with Gasteiger partial charge < -0.3 is 15.7 Å². The molecule has 31 heavy (non-hydrogen) atoms. The molecule has 1 saturated carbocycles. The maximum absolute atomic E-state index is 10.1. The number of fused-ring (bicyclic) bond motifs is 2. The number of benzene rings is 1. The van der Waals surface area contributed by atoms with Crippen molar-refractivity contribution in [3.8, 4) is 11.3 Å². The van der Waals surface area contributed by atoms with Gasteiger partial charge in [0.15, 0.2) is 11.5 Å². The van der Waals surface area contributed by atoms with Crippen LogP contribution >= 0.6 is 22.9 Å². The Bertz CT molecular complexity index is 1270. The highest BCUT2D eigenvalue weighted by Crippen LogP contribution is 2.39. The van der Waals surface area contributed by atoms with Gasteiger partial charge in [-0.3, -0.25) is 5.10 Å². The summed E-state index contributed by atoms with van der Waals surface area (Å²) in [5, 5.41) is 19.1. The molecular formula is C21H24ClN7OS. The third kappa shape index (κ3) is 3.55. The van der Waals surface area contributed by atoms with Gasteiger partial charge in [0.2, 0.25) is 0 Å². The van der Waals surface area contributed by atoms with E-state index < -0.39 is 0 Å². The lowest BCUT2D eigenvalue weighted by atomic mass is 9.91. The Labute approximate surface area is 188 Å². The molecule has 8 nitrogen and oxygen atoms in total. The van der Waals surface area contributed by atoms with E-state index in [1.807, 2.05) is 26.1 Å². The van der Waals surface area contributed by atoms with Crippen LogP contribution in [0.4, 0.5) is 5.82 Å². The molecule has 4 N–H and O–H groups in total. The Morgan fingerprint density at radius 1 is 1.29 bits per heavy atom. The lowest BCUT2D eigenvalue weighted by Crippen LogP contribution is -2.41. The summed E-state index contributed by atoms with van der Waals surface area (Å²) in [7, 11) is 1.99. The number of aryl methyl sites for hydroxylation is 1. The number of aliphatic hydroxyl groups is 1. The van der Waals surface area contributed by atoms with Gasteiger partial charge in [-0.2, -0.15) is 5.10 Å². The zero-order valence-corrected chi connectivity index (χ0v) is 19.0. The molecular weight excluding hydrogens is 434 g/mol. The van der Waals surface area contributed by atoms with E-state index in [0.717, 1.165) is 46.5 Å². The van der Waals surface area contributed by atoms with Crippen molar-refractivity contribution in [2.24, 2.45) is 5.73 Å². The number of aromatic nitrogens is 5. The first-order chi connectivity index (χ1) is 15.0. The van der Waals surface area contributed by atoms with Crippen molar-refractivity contribution < 1.29 is 5.11 Å². The number of halogens is 1. The number of nitrogens with one attached hydrogen (secondary N) is 1. The highest BCUT2D eigenvalue weighted by Gasteiger charge is 2.27. The molecule has 0 unspecified atom stereocenters. The zero-order chi connectivity index (χ0) is 21.7. The van der Waals surface area contributed by atoms with Crippen LogP contribution < -0.4 is 10.6 Å². The molecule has 5 rings (SSSR count). The number of hydrogen-bond acceptors (Lipinski definition) is 8. The molecule has 0 radical (unpaired) electrons. The van der Waals surface area contributed by atoms with Crippen LogP contribution in [0.3, 0.4) is 0 Å². The smallest absolute Gasteiger partial charge is 0.177 e. The predicted octanol–water partition coefficient (Wildman–Crippen LogP) is 3.79. The summed E-state index contributed by atoms with van der Waals surface area (Å²) >= 11 is 8.27. The van der Waals surface area contributed by atoms with E-state index in [2.05, 4.69) is 20.1 Å². The van der Waals surface area contributed by atoms with E-state index in [1.165, 1.54) is 0 Å². The monoisotopic (exact) mass is 457 g/mol. The van der Waals surface area contributed by atoms with Crippen LogP contribution in [0.1, 0.15) is 36.4 Å². The minimum Gasteiger partial charge on any atom is -0.390 e. The number of nitrogens with zero attached hydrogens (tertiary/aromatic N) is 5. The van der Waals surface area contributed by atoms with Crippen molar-refractivity contribution in [2.75, 3.05) is 11.9 Å². The number of rotatable bonds is 4. The third-order valence-electron chi connectivity index (χ3n) is 6.02. The highest BCUT2D eigenvalue weighted by atomic mass is 35.5. The molecule has 2 atom stereocenters. The van der Waals surface area contributed by atoms with Crippen LogP contribution in [0, 0.1) is 6.92 Å². The van der Waals surface area contributed by atoms with Gasteiger partial charge in [0.1, 0.15) is 16.9 Å². The molecule has 1 aliphatic rings. The van der Waals surface area contributed by atoms with E-state index >= 15 is 0 Å². The van der Waals surface area contributed by atoms with Crippen molar-refractivity contribution in [1.82, 2.24) is 25.1 Å². The summed E-state index contributed by atoms with van der Waals surface area (Å²) in [6, 6.07) is 4.31. The first-order valence-electron chi connectivity index (χ1n) is 10.4. The molecule has 3 aromatic heterocycles. The molecule has 3 heterocycles. The van der Waals surface area contributed by atoms with Gasteiger partial charge in [0, 0.05) is 24.7 Å². The zero-order valence-electron chi connectivity index (χ0n) is 17.4. The Morgan fingerprint density at radius 2 is 2.13 bits per heavy atom. The summed E-state index contributed by atoms with van der Waals surface area (Å²) in [5.41, 5.74) is 10.1. The molecule has 1 aliphatic carbocycles. The number of hydrogen-bond donors (Lipinski definition) is 3. The second kappa shape index (κ2) is 7.98. The minimum atomic E-state index is -0.215. The first-order valence-corrected chi connectivity index (χ1v) is 11.6. The molecule has 0 saturated heterocycles. The average molecular weight is 458 g/mol. The highest BCUT2D eigenvalue weighted by molar-refractivity contribution is 7.19. The molecule has 0 aliphatic heterocycles. The van der Waals surface area contributed by atoms with E-state index in [0.29, 0.717) is 33.4 Å². The SMILES string of the molecule is Cc1nc2ccc(-c3n[nH]c4nc(N(C)[C@@H]5CCC[C@@H](N)C5)c(CO)nc34)c(Cl)c2s1.